The molecule has 0 bridgehead atoms. The Hall–Kier alpha value is -1.84. The Labute approximate surface area is 97.1 Å². The summed E-state index contributed by atoms with van der Waals surface area (Å²) in [5.41, 5.74) is 4.62. The first kappa shape index (κ1) is 13.2. The van der Waals surface area contributed by atoms with Crippen LogP contribution in [-0.4, -0.2) is 46.5 Å². The van der Waals surface area contributed by atoms with Crippen LogP contribution >= 0.6 is 0 Å². The zero-order valence-corrected chi connectivity index (χ0v) is 8.74. The lowest BCUT2D eigenvalue weighted by molar-refractivity contribution is -0.192. The fourth-order valence-corrected chi connectivity index (χ4v) is 1.30. The lowest BCUT2D eigenvalue weighted by Gasteiger charge is -2.35. The largest absolute Gasteiger partial charge is 0.388 e. The molecule has 8 nitrogen and oxygen atoms in total. The number of aliphatic hydroxyl groups excluding tert-OH is 3. The zero-order valence-electron chi connectivity index (χ0n) is 8.74. The second-order valence-electron chi connectivity index (χ2n) is 3.46. The Morgan fingerprint density at radius 2 is 1.88 bits per heavy atom. The van der Waals surface area contributed by atoms with E-state index in [1.807, 2.05) is 0 Å². The van der Waals surface area contributed by atoms with E-state index in [9.17, 15) is 15.3 Å². The van der Waals surface area contributed by atoms with Crippen molar-refractivity contribution >= 4 is 0 Å². The number of aliphatic hydroxyl groups is 3. The molecule has 0 radical (unpaired) electrons. The van der Waals surface area contributed by atoms with Gasteiger partial charge in [0.2, 0.25) is 0 Å². The monoisotopic (exact) mass is 240 g/mol. The highest BCUT2D eigenvalue weighted by Crippen LogP contribution is 2.14. The van der Waals surface area contributed by atoms with Gasteiger partial charge in [0.05, 0.1) is 6.61 Å². The van der Waals surface area contributed by atoms with E-state index in [1.54, 1.807) is 12.1 Å². The van der Waals surface area contributed by atoms with E-state index in [0.29, 0.717) is 0 Å². The van der Waals surface area contributed by atoms with Gasteiger partial charge in [-0.25, -0.2) is 0 Å². The predicted molar refractivity (Wildman–Crippen MR) is 53.3 cm³/mol. The topological polar surface area (TPSA) is 156 Å². The first-order valence-corrected chi connectivity index (χ1v) is 4.73. The van der Waals surface area contributed by atoms with Gasteiger partial charge in [-0.05, 0) is 0 Å². The highest BCUT2D eigenvalue weighted by molar-refractivity contribution is 5.33. The van der Waals surface area contributed by atoms with Gasteiger partial charge in [-0.3, -0.25) is 0 Å². The van der Waals surface area contributed by atoms with Crippen molar-refractivity contribution in [3.05, 3.63) is 11.4 Å². The van der Waals surface area contributed by atoms with Gasteiger partial charge in [-0.15, -0.1) is 0 Å². The van der Waals surface area contributed by atoms with Crippen LogP contribution in [0.1, 0.15) is 0 Å². The molecule has 0 aromatic heterocycles. The molecular weight excluding hydrogens is 228 g/mol. The summed E-state index contributed by atoms with van der Waals surface area (Å²) in [7, 11) is 0. The minimum absolute atomic E-state index is 0.207. The predicted octanol–water partition coefficient (Wildman–Crippen LogP) is -2.77. The highest BCUT2D eigenvalue weighted by atomic mass is 16.5. The summed E-state index contributed by atoms with van der Waals surface area (Å²) in [5, 5.41) is 47.7. The number of nitriles is 2. The van der Waals surface area contributed by atoms with Crippen molar-refractivity contribution in [2.24, 2.45) is 5.73 Å². The molecule has 0 aliphatic carbocycles. The first-order valence-electron chi connectivity index (χ1n) is 4.73. The molecule has 17 heavy (non-hydrogen) atoms. The third kappa shape index (κ3) is 2.84. The van der Waals surface area contributed by atoms with E-state index in [-0.39, 0.29) is 18.0 Å². The third-order valence-corrected chi connectivity index (χ3v) is 2.29. The second-order valence-corrected chi connectivity index (χ2v) is 3.46. The van der Waals surface area contributed by atoms with Gasteiger partial charge in [0, 0.05) is 0 Å². The quantitative estimate of drug-likeness (QED) is 0.325. The van der Waals surface area contributed by atoms with Gasteiger partial charge < -0.3 is 31.1 Å². The minimum Gasteiger partial charge on any atom is -0.388 e. The van der Waals surface area contributed by atoms with E-state index >= 15 is 0 Å². The Morgan fingerprint density at radius 3 is 2.41 bits per heavy atom. The molecule has 1 rings (SSSR count). The van der Waals surface area contributed by atoms with Gasteiger partial charge >= 0.3 is 0 Å². The number of hydrogen-bond donors (Lipinski definition) is 5. The Kier molecular flexibility index (Phi) is 4.26. The van der Waals surface area contributed by atoms with E-state index in [0.717, 1.165) is 0 Å². The average Bonchev–Trinajstić information content (AvgIpc) is 2.34. The lowest BCUT2D eigenvalue weighted by atomic mass is 10.0. The maximum Gasteiger partial charge on any atom is 0.157 e. The Morgan fingerprint density at radius 1 is 1.24 bits per heavy atom. The average molecular weight is 240 g/mol. The number of nitrogens with two attached hydrogens (primary N) is 1. The van der Waals surface area contributed by atoms with Crippen LogP contribution in [-0.2, 0) is 4.74 Å². The molecule has 1 aliphatic heterocycles. The van der Waals surface area contributed by atoms with E-state index < -0.39 is 24.5 Å². The Bertz CT molecular complexity index is 397. The summed E-state index contributed by atoms with van der Waals surface area (Å²) in [5.74, 6) is 0. The van der Waals surface area contributed by atoms with Crippen molar-refractivity contribution in [3.63, 3.8) is 0 Å². The van der Waals surface area contributed by atoms with Crippen molar-refractivity contribution < 1.29 is 20.1 Å². The number of nitrogens with zero attached hydrogens (tertiary/aromatic N) is 2. The summed E-state index contributed by atoms with van der Waals surface area (Å²) >= 11 is 0. The van der Waals surface area contributed by atoms with Gasteiger partial charge in [0.25, 0.3) is 0 Å². The standard InChI is InChI=1S/C9H12N4O4/c10-1-4(12)5(2-11)13-9-8(16)7(15)6(14)3-17-9/h6-9,13-16H,3,12H2/b5-4+/t6-,7-,8-,9?/m1/s1. The van der Waals surface area contributed by atoms with Crippen LogP contribution < -0.4 is 11.1 Å². The number of ether oxygens (including phenoxy) is 1. The SMILES string of the molecule is N#C/C(N)=C(/C#N)NC1OC[C@@H](O)[C@@H](O)[C@H]1O. The molecule has 0 amide bonds. The molecule has 4 atom stereocenters. The van der Waals surface area contributed by atoms with Crippen LogP contribution in [0.5, 0.6) is 0 Å². The van der Waals surface area contributed by atoms with Crippen LogP contribution in [0.4, 0.5) is 0 Å². The normalized spacial score (nSPS) is 34.2. The molecule has 1 saturated heterocycles. The molecule has 1 aliphatic rings. The summed E-state index contributed by atoms with van der Waals surface area (Å²) in [6.45, 7) is -0.207. The van der Waals surface area contributed by atoms with Crippen molar-refractivity contribution in [1.29, 1.82) is 10.5 Å². The number of allylic oxidation sites excluding steroid dienone is 2. The van der Waals surface area contributed by atoms with E-state index in [4.69, 9.17) is 21.0 Å². The van der Waals surface area contributed by atoms with Crippen LogP contribution in [0.25, 0.3) is 0 Å². The van der Waals surface area contributed by atoms with Crippen molar-refractivity contribution in [2.45, 2.75) is 24.5 Å². The molecule has 0 spiro atoms. The molecule has 8 heteroatoms. The molecule has 0 aromatic carbocycles. The first-order chi connectivity index (χ1) is 8.01. The van der Waals surface area contributed by atoms with Crippen LogP contribution in [0, 0.1) is 22.7 Å². The minimum atomic E-state index is -1.44. The smallest absolute Gasteiger partial charge is 0.157 e. The number of hydrogen-bond acceptors (Lipinski definition) is 8. The van der Waals surface area contributed by atoms with Gasteiger partial charge in [-0.2, -0.15) is 10.5 Å². The maximum atomic E-state index is 9.55. The Balaban J connectivity index is 2.77. The molecular formula is C9H12N4O4. The van der Waals surface area contributed by atoms with Crippen LogP contribution in [0.15, 0.2) is 11.4 Å². The summed E-state index contributed by atoms with van der Waals surface area (Å²) in [6, 6.07) is 3.20. The molecule has 6 N–H and O–H groups in total. The van der Waals surface area contributed by atoms with Gasteiger partial charge in [0.1, 0.15) is 41.8 Å². The molecule has 1 heterocycles. The molecule has 1 fully saturated rings. The van der Waals surface area contributed by atoms with Crippen molar-refractivity contribution in [1.82, 2.24) is 5.32 Å². The highest BCUT2D eigenvalue weighted by Gasteiger charge is 2.37. The van der Waals surface area contributed by atoms with Crippen molar-refractivity contribution in [2.75, 3.05) is 6.61 Å². The maximum absolute atomic E-state index is 9.55. The molecule has 0 aromatic rings. The number of nitrogens with one attached hydrogen (secondary N) is 1. The fourth-order valence-electron chi connectivity index (χ4n) is 1.30. The summed E-state index contributed by atoms with van der Waals surface area (Å²) < 4.78 is 4.98. The lowest BCUT2D eigenvalue weighted by Crippen LogP contribution is -2.57. The summed E-state index contributed by atoms with van der Waals surface area (Å²) in [4.78, 5) is 0. The van der Waals surface area contributed by atoms with Gasteiger partial charge in [0.15, 0.2) is 6.23 Å². The second kappa shape index (κ2) is 5.48. The number of rotatable bonds is 2. The van der Waals surface area contributed by atoms with Crippen LogP contribution in [0.2, 0.25) is 0 Å². The summed E-state index contributed by atoms with van der Waals surface area (Å²) in [6.07, 6.45) is -5.15. The van der Waals surface area contributed by atoms with E-state index in [1.165, 1.54) is 0 Å². The molecule has 1 unspecified atom stereocenters. The third-order valence-electron chi connectivity index (χ3n) is 2.29. The van der Waals surface area contributed by atoms with Gasteiger partial charge in [-0.1, -0.05) is 0 Å². The van der Waals surface area contributed by atoms with E-state index in [2.05, 4.69) is 5.32 Å². The molecule has 0 saturated carbocycles. The van der Waals surface area contributed by atoms with Crippen LogP contribution in [0.3, 0.4) is 0 Å². The molecule has 92 valence electrons. The fraction of sp³-hybridized carbons (Fsp3) is 0.556. The zero-order chi connectivity index (χ0) is 13.0. The van der Waals surface area contributed by atoms with Crippen molar-refractivity contribution in [3.8, 4) is 12.1 Å².